The predicted octanol–water partition coefficient (Wildman–Crippen LogP) is -1.00. The third-order valence-electron chi connectivity index (χ3n) is 1.31. The maximum Gasteiger partial charge on any atom is 0.267 e. The molecule has 0 aliphatic rings. The van der Waals surface area contributed by atoms with E-state index >= 15 is 0 Å². The molecule has 1 aromatic heterocycles. The fourth-order valence-corrected chi connectivity index (χ4v) is 2.67. The Labute approximate surface area is 78.6 Å². The largest absolute Gasteiger partial charge is 0.290 e. The van der Waals surface area contributed by atoms with E-state index in [1.165, 1.54) is 10.8 Å². The summed E-state index contributed by atoms with van der Waals surface area (Å²) < 4.78 is 21.8. The number of nitrogens with two attached hydrogens (primary N) is 2. The van der Waals surface area contributed by atoms with Crippen LogP contribution in [0.1, 0.15) is 10.4 Å². The number of amides is 1. The molecular formula is C5H7N3O3S2. The lowest BCUT2D eigenvalue weighted by atomic mass is 10.3. The smallest absolute Gasteiger partial charge is 0.267 e. The molecule has 1 amide bonds. The summed E-state index contributed by atoms with van der Waals surface area (Å²) in [4.78, 5) is 10.8. The van der Waals surface area contributed by atoms with Gasteiger partial charge in [0.2, 0.25) is 10.0 Å². The third-order valence-corrected chi connectivity index (χ3v) is 3.15. The summed E-state index contributed by atoms with van der Waals surface area (Å²) >= 11 is 1.06. The minimum Gasteiger partial charge on any atom is -0.290 e. The van der Waals surface area contributed by atoms with Crippen molar-refractivity contribution in [3.63, 3.8) is 0 Å². The van der Waals surface area contributed by atoms with E-state index in [0.29, 0.717) is 0 Å². The number of carbonyl (C=O) groups excluding carboxylic acids is 1. The minimum atomic E-state index is -3.85. The van der Waals surface area contributed by atoms with E-state index in [0.717, 1.165) is 11.3 Å². The Morgan fingerprint density at radius 3 is 2.54 bits per heavy atom. The van der Waals surface area contributed by atoms with E-state index in [4.69, 9.17) is 11.0 Å². The third kappa shape index (κ3) is 2.04. The van der Waals surface area contributed by atoms with Crippen molar-refractivity contribution >= 4 is 27.3 Å². The average Bonchev–Trinajstić information content (AvgIpc) is 2.49. The first kappa shape index (κ1) is 10.1. The van der Waals surface area contributed by atoms with E-state index in [9.17, 15) is 13.2 Å². The van der Waals surface area contributed by atoms with Crippen molar-refractivity contribution in [3.8, 4) is 0 Å². The van der Waals surface area contributed by atoms with Gasteiger partial charge < -0.3 is 0 Å². The van der Waals surface area contributed by atoms with E-state index in [1.54, 1.807) is 0 Å². The van der Waals surface area contributed by atoms with Gasteiger partial charge in [-0.2, -0.15) is 11.3 Å². The highest BCUT2D eigenvalue weighted by Crippen LogP contribution is 2.18. The molecule has 13 heavy (non-hydrogen) atoms. The maximum atomic E-state index is 11.0. The van der Waals surface area contributed by atoms with Gasteiger partial charge in [-0.1, -0.05) is 0 Å². The van der Waals surface area contributed by atoms with Crippen molar-refractivity contribution in [3.05, 3.63) is 16.3 Å². The molecule has 0 aromatic carbocycles. The van der Waals surface area contributed by atoms with E-state index in [-0.39, 0.29) is 10.5 Å². The number of hydrazine groups is 1. The molecule has 0 aliphatic carbocycles. The number of rotatable bonds is 2. The van der Waals surface area contributed by atoms with Crippen molar-refractivity contribution in [1.29, 1.82) is 0 Å². The second kappa shape index (κ2) is 3.42. The van der Waals surface area contributed by atoms with Crippen LogP contribution < -0.4 is 16.4 Å². The van der Waals surface area contributed by atoms with E-state index in [1.807, 2.05) is 5.43 Å². The van der Waals surface area contributed by atoms with Crippen LogP contribution in [0.25, 0.3) is 0 Å². The molecule has 1 rings (SSSR count). The van der Waals surface area contributed by atoms with Gasteiger partial charge in [-0.3, -0.25) is 10.2 Å². The quantitative estimate of drug-likeness (QED) is 0.337. The molecule has 0 aliphatic heterocycles. The van der Waals surface area contributed by atoms with Crippen molar-refractivity contribution in [2.45, 2.75) is 4.90 Å². The number of hydrogen-bond donors (Lipinski definition) is 3. The fourth-order valence-electron chi connectivity index (χ4n) is 0.749. The molecule has 0 saturated carbocycles. The maximum absolute atomic E-state index is 11.0. The van der Waals surface area contributed by atoms with Crippen LogP contribution in [-0.2, 0) is 10.0 Å². The Balaban J connectivity index is 3.26. The highest BCUT2D eigenvalue weighted by Gasteiger charge is 2.19. The van der Waals surface area contributed by atoms with Crippen molar-refractivity contribution in [2.75, 3.05) is 0 Å². The summed E-state index contributed by atoms with van der Waals surface area (Å²) in [6, 6.07) is 0. The lowest BCUT2D eigenvalue weighted by Crippen LogP contribution is -2.31. The predicted molar refractivity (Wildman–Crippen MR) is 47.3 cm³/mol. The molecule has 0 saturated heterocycles. The van der Waals surface area contributed by atoms with Gasteiger partial charge in [-0.25, -0.2) is 19.4 Å². The van der Waals surface area contributed by atoms with Crippen LogP contribution in [0.3, 0.4) is 0 Å². The highest BCUT2D eigenvalue weighted by atomic mass is 32.2. The Kier molecular flexibility index (Phi) is 2.66. The van der Waals surface area contributed by atoms with Crippen molar-refractivity contribution in [2.24, 2.45) is 11.0 Å². The molecule has 72 valence electrons. The highest BCUT2D eigenvalue weighted by molar-refractivity contribution is 7.89. The molecule has 0 spiro atoms. The second-order valence-electron chi connectivity index (χ2n) is 2.17. The summed E-state index contributed by atoms with van der Waals surface area (Å²) in [5.41, 5.74) is 1.80. The monoisotopic (exact) mass is 221 g/mol. The Hall–Kier alpha value is -0.960. The van der Waals surface area contributed by atoms with Crippen LogP contribution in [0.15, 0.2) is 15.7 Å². The SMILES string of the molecule is NNC(=O)c1cscc1S(N)(=O)=O. The number of hydrogen-bond acceptors (Lipinski definition) is 5. The van der Waals surface area contributed by atoms with Crippen LogP contribution >= 0.6 is 11.3 Å². The first-order valence-corrected chi connectivity index (χ1v) is 5.55. The number of nitrogen functional groups attached to an aromatic ring is 1. The molecule has 1 aromatic rings. The molecule has 1 heterocycles. The van der Waals surface area contributed by atoms with E-state index in [2.05, 4.69) is 0 Å². The summed E-state index contributed by atoms with van der Waals surface area (Å²) in [5.74, 6) is 4.17. The minimum absolute atomic E-state index is 0.0324. The number of sulfonamides is 1. The number of carbonyl (C=O) groups is 1. The Morgan fingerprint density at radius 1 is 1.46 bits per heavy atom. The zero-order valence-corrected chi connectivity index (χ0v) is 7.98. The van der Waals surface area contributed by atoms with E-state index < -0.39 is 15.9 Å². The average molecular weight is 221 g/mol. The zero-order chi connectivity index (χ0) is 10.1. The van der Waals surface area contributed by atoms with Gasteiger partial charge >= 0.3 is 0 Å². The first-order chi connectivity index (χ1) is 5.96. The fraction of sp³-hybridized carbons (Fsp3) is 0. The van der Waals surface area contributed by atoms with Crippen LogP contribution in [-0.4, -0.2) is 14.3 Å². The van der Waals surface area contributed by atoms with Crippen LogP contribution in [0, 0.1) is 0 Å². The second-order valence-corrected chi connectivity index (χ2v) is 4.44. The summed E-state index contributed by atoms with van der Waals surface area (Å²) in [6.45, 7) is 0. The number of nitrogens with one attached hydrogen (secondary N) is 1. The van der Waals surface area contributed by atoms with Gasteiger partial charge in [-0.15, -0.1) is 0 Å². The summed E-state index contributed by atoms with van der Waals surface area (Å²) in [6.07, 6.45) is 0. The molecule has 0 bridgehead atoms. The molecule has 0 fully saturated rings. The molecule has 6 nitrogen and oxygen atoms in total. The van der Waals surface area contributed by atoms with Gasteiger partial charge in [0, 0.05) is 10.8 Å². The standard InChI is InChI=1S/C5H7N3O3S2/c6-8-5(9)3-1-12-2-4(3)13(7,10)11/h1-2H,6H2,(H,8,9)(H2,7,10,11). The molecule has 0 unspecified atom stereocenters. The van der Waals surface area contributed by atoms with Gasteiger partial charge in [0.25, 0.3) is 5.91 Å². The molecular weight excluding hydrogens is 214 g/mol. The van der Waals surface area contributed by atoms with Crippen LogP contribution in [0.5, 0.6) is 0 Å². The molecule has 5 N–H and O–H groups in total. The lowest BCUT2D eigenvalue weighted by molar-refractivity contribution is 0.0951. The van der Waals surface area contributed by atoms with Gasteiger partial charge in [-0.05, 0) is 0 Å². The molecule has 8 heteroatoms. The van der Waals surface area contributed by atoms with Crippen LogP contribution in [0.2, 0.25) is 0 Å². The zero-order valence-electron chi connectivity index (χ0n) is 6.35. The number of thiophene rings is 1. The lowest BCUT2D eigenvalue weighted by Gasteiger charge is -1.99. The summed E-state index contributed by atoms with van der Waals surface area (Å²) in [5, 5.41) is 7.49. The Morgan fingerprint density at radius 2 is 2.08 bits per heavy atom. The molecule has 0 atom stereocenters. The van der Waals surface area contributed by atoms with Gasteiger partial charge in [0.15, 0.2) is 0 Å². The van der Waals surface area contributed by atoms with Crippen molar-refractivity contribution < 1.29 is 13.2 Å². The Bertz CT molecular complexity index is 422. The van der Waals surface area contributed by atoms with Crippen molar-refractivity contribution in [1.82, 2.24) is 5.43 Å². The molecule has 0 radical (unpaired) electrons. The van der Waals surface area contributed by atoms with Gasteiger partial charge in [0.05, 0.1) is 5.56 Å². The summed E-state index contributed by atoms with van der Waals surface area (Å²) in [7, 11) is -3.85. The van der Waals surface area contributed by atoms with Gasteiger partial charge in [0.1, 0.15) is 4.90 Å². The first-order valence-electron chi connectivity index (χ1n) is 3.06. The number of primary sulfonamides is 1. The van der Waals surface area contributed by atoms with Crippen LogP contribution in [0.4, 0.5) is 0 Å². The topological polar surface area (TPSA) is 115 Å². The normalized spacial score (nSPS) is 11.2.